The minimum atomic E-state index is -0.485. The molecule has 4 aromatic heterocycles. The van der Waals surface area contributed by atoms with E-state index in [1.807, 2.05) is 54.6 Å². The van der Waals surface area contributed by atoms with Crippen LogP contribution in [0.2, 0.25) is 0 Å². The van der Waals surface area contributed by atoms with Crippen molar-refractivity contribution < 1.29 is 11.3 Å². The van der Waals surface area contributed by atoms with Crippen molar-refractivity contribution in [2.75, 3.05) is 0 Å². The van der Waals surface area contributed by atoms with Crippen LogP contribution in [0, 0.1) is 0 Å². The average molecular weight is 735 g/mol. The normalized spacial score (nSPS) is 13.1. The minimum absolute atomic E-state index is 0.0230. The summed E-state index contributed by atoms with van der Waals surface area (Å²) in [7, 11) is 0. The fourth-order valence-electron chi connectivity index (χ4n) is 8.43. The van der Waals surface area contributed by atoms with Gasteiger partial charge in [-0.2, -0.15) is 0 Å². The molecule has 0 unspecified atom stereocenters. The van der Waals surface area contributed by atoms with E-state index < -0.39 is 18.1 Å². The summed E-state index contributed by atoms with van der Waals surface area (Å²) in [4.78, 5) is 14.3. The van der Waals surface area contributed by atoms with Gasteiger partial charge in [-0.15, -0.1) is 0 Å². The van der Waals surface area contributed by atoms with Crippen molar-refractivity contribution in [2.45, 2.75) is 0 Å². The van der Waals surface area contributed by atoms with Crippen LogP contribution in [0.4, 0.5) is 0 Å². The Hall–Kier alpha value is -7.83. The largest absolute Gasteiger partial charge is 0.454 e. The molecule has 0 aliphatic carbocycles. The molecule has 0 N–H and O–H groups in total. The lowest BCUT2D eigenvalue weighted by Crippen LogP contribution is -2.00. The molecule has 0 amide bonds. The van der Waals surface area contributed by atoms with Gasteiger partial charge in [0.1, 0.15) is 5.58 Å². The van der Waals surface area contributed by atoms with Gasteiger partial charge >= 0.3 is 0 Å². The van der Waals surface area contributed by atoms with Crippen LogP contribution in [0.1, 0.15) is 6.85 Å². The Morgan fingerprint density at radius 1 is 0.421 bits per heavy atom. The first-order valence-electron chi connectivity index (χ1n) is 21.2. The summed E-state index contributed by atoms with van der Waals surface area (Å²) in [6, 6.07) is 51.2. The standard InChI is InChI=1S/C51H31N5O/c1-4-15-32(16-5-1)49-52-50(33-17-6-2-7-18-33)54-51(53-49)34-27-28-36-37-23-14-26-44(48(37)57-45(36)31-34)56-41-25-13-11-22-39(41)47-43(56)30-29-42-46(47)38-21-10-12-24-40(38)55(42)35-19-8-3-9-20-35/h1-31H/i1D,4D,5D,15D,16D. The molecule has 6 heteroatoms. The Balaban J connectivity index is 1.07. The number of para-hydroxylation sites is 4. The van der Waals surface area contributed by atoms with E-state index in [4.69, 9.17) is 21.2 Å². The lowest BCUT2D eigenvalue weighted by Gasteiger charge is -2.09. The Labute approximate surface area is 333 Å². The summed E-state index contributed by atoms with van der Waals surface area (Å²) in [5, 5.41) is 6.52. The smallest absolute Gasteiger partial charge is 0.164 e. The Morgan fingerprint density at radius 2 is 1.00 bits per heavy atom. The van der Waals surface area contributed by atoms with Crippen molar-refractivity contribution in [3.63, 3.8) is 0 Å². The van der Waals surface area contributed by atoms with E-state index in [2.05, 4.69) is 117 Å². The van der Waals surface area contributed by atoms with Crippen LogP contribution < -0.4 is 0 Å². The van der Waals surface area contributed by atoms with Crippen molar-refractivity contribution in [3.05, 3.63) is 188 Å². The highest BCUT2D eigenvalue weighted by Gasteiger charge is 2.23. The number of hydrogen-bond acceptors (Lipinski definition) is 4. The summed E-state index contributed by atoms with van der Waals surface area (Å²) >= 11 is 0. The van der Waals surface area contributed by atoms with E-state index in [0.29, 0.717) is 22.5 Å². The summed E-state index contributed by atoms with van der Waals surface area (Å²) in [6.07, 6.45) is 0. The van der Waals surface area contributed by atoms with Gasteiger partial charge in [0.25, 0.3) is 0 Å². The van der Waals surface area contributed by atoms with Gasteiger partial charge in [0.05, 0.1) is 34.6 Å². The molecule has 0 saturated carbocycles. The van der Waals surface area contributed by atoms with E-state index in [1.54, 1.807) is 0 Å². The molecule has 57 heavy (non-hydrogen) atoms. The molecule has 0 atom stereocenters. The number of rotatable bonds is 5. The Kier molecular flexibility index (Phi) is 5.82. The predicted molar refractivity (Wildman–Crippen MR) is 232 cm³/mol. The highest BCUT2D eigenvalue weighted by molar-refractivity contribution is 6.29. The summed E-state index contributed by atoms with van der Waals surface area (Å²) in [5.74, 6) is 0.547. The number of nitrogens with zero attached hydrogens (tertiary/aromatic N) is 5. The van der Waals surface area contributed by atoms with E-state index >= 15 is 0 Å². The van der Waals surface area contributed by atoms with Crippen LogP contribution in [-0.2, 0) is 0 Å². The molecule has 4 heterocycles. The molecule has 6 nitrogen and oxygen atoms in total. The topological polar surface area (TPSA) is 61.7 Å². The first-order chi connectivity index (χ1) is 30.4. The van der Waals surface area contributed by atoms with Gasteiger partial charge in [-0.3, -0.25) is 0 Å². The van der Waals surface area contributed by atoms with E-state index in [1.165, 1.54) is 16.2 Å². The summed E-state index contributed by atoms with van der Waals surface area (Å²) < 4.78 is 53.7. The lowest BCUT2D eigenvalue weighted by atomic mass is 10.1. The fourth-order valence-corrected chi connectivity index (χ4v) is 8.43. The maximum Gasteiger partial charge on any atom is 0.164 e. The van der Waals surface area contributed by atoms with Gasteiger partial charge < -0.3 is 13.6 Å². The predicted octanol–water partition coefficient (Wildman–Crippen LogP) is 13.0. The number of aromatic nitrogens is 5. The molecule has 266 valence electrons. The molecule has 0 fully saturated rings. The second kappa shape index (κ2) is 12.3. The van der Waals surface area contributed by atoms with Crippen LogP contribution in [0.15, 0.2) is 192 Å². The molecular formula is C51H31N5O. The maximum absolute atomic E-state index is 8.69. The monoisotopic (exact) mass is 734 g/mol. The molecular weight excluding hydrogens is 699 g/mol. The zero-order valence-corrected chi connectivity index (χ0v) is 30.2. The van der Waals surface area contributed by atoms with Crippen molar-refractivity contribution in [1.29, 1.82) is 0 Å². The van der Waals surface area contributed by atoms with Gasteiger partial charge in [-0.05, 0) is 54.6 Å². The number of furan rings is 1. The zero-order valence-electron chi connectivity index (χ0n) is 35.2. The lowest BCUT2D eigenvalue weighted by molar-refractivity contribution is 0.666. The minimum Gasteiger partial charge on any atom is -0.454 e. The van der Waals surface area contributed by atoms with E-state index in [0.717, 1.165) is 55.2 Å². The second-order valence-electron chi connectivity index (χ2n) is 14.0. The highest BCUT2D eigenvalue weighted by Crippen LogP contribution is 2.44. The molecule has 8 aromatic carbocycles. The third kappa shape index (κ3) is 4.81. The van der Waals surface area contributed by atoms with Crippen molar-refractivity contribution in [1.82, 2.24) is 24.1 Å². The van der Waals surface area contributed by atoms with Gasteiger partial charge in [0.15, 0.2) is 23.1 Å². The second-order valence-corrected chi connectivity index (χ2v) is 14.0. The number of benzene rings is 8. The molecule has 0 aliphatic rings. The molecule has 0 bridgehead atoms. The fraction of sp³-hybridized carbons (Fsp3) is 0. The molecule has 0 saturated heterocycles. The van der Waals surface area contributed by atoms with Gasteiger partial charge in [0, 0.05) is 54.7 Å². The van der Waals surface area contributed by atoms with Crippen molar-refractivity contribution in [2.24, 2.45) is 0 Å². The van der Waals surface area contributed by atoms with E-state index in [-0.39, 0.29) is 29.3 Å². The molecule has 12 rings (SSSR count). The van der Waals surface area contributed by atoms with Crippen LogP contribution in [-0.4, -0.2) is 24.1 Å². The third-order valence-corrected chi connectivity index (χ3v) is 10.9. The van der Waals surface area contributed by atoms with Gasteiger partial charge in [-0.1, -0.05) is 133 Å². The molecule has 0 radical (unpaired) electrons. The SMILES string of the molecule is [2H]c1c([2H])c([2H])c(-c2nc(-c3ccccc3)nc(-c3ccc4c(c3)oc3c(-n5c6ccccc6c6c7c8ccccc8n(-c8ccccc8)c7ccc65)cccc34)n2)c([2H])c1[2H]. The highest BCUT2D eigenvalue weighted by atomic mass is 16.3. The van der Waals surface area contributed by atoms with Crippen LogP contribution in [0.5, 0.6) is 0 Å². The third-order valence-electron chi connectivity index (χ3n) is 10.9. The summed E-state index contributed by atoms with van der Waals surface area (Å²) in [6.45, 7) is 0. The molecule has 0 aliphatic heterocycles. The molecule has 12 aromatic rings. The zero-order chi connectivity index (χ0) is 41.8. The van der Waals surface area contributed by atoms with Crippen LogP contribution in [0.25, 0.3) is 111 Å². The Bertz CT molecular complexity index is 3790. The van der Waals surface area contributed by atoms with Crippen molar-refractivity contribution in [3.8, 4) is 45.5 Å². The summed E-state index contributed by atoms with van der Waals surface area (Å²) in [5.41, 5.74) is 8.92. The van der Waals surface area contributed by atoms with Gasteiger partial charge in [-0.25, -0.2) is 15.0 Å². The molecule has 0 spiro atoms. The quantitative estimate of drug-likeness (QED) is 0.177. The van der Waals surface area contributed by atoms with Gasteiger partial charge in [0.2, 0.25) is 0 Å². The Morgan fingerprint density at radius 3 is 1.72 bits per heavy atom. The van der Waals surface area contributed by atoms with E-state index in [9.17, 15) is 0 Å². The first-order valence-corrected chi connectivity index (χ1v) is 18.7. The number of fused-ring (bicyclic) bond motifs is 10. The van der Waals surface area contributed by atoms with Crippen molar-refractivity contribution >= 4 is 65.6 Å². The number of hydrogen-bond donors (Lipinski definition) is 0. The maximum atomic E-state index is 8.69. The average Bonchev–Trinajstić information content (AvgIpc) is 3.98. The van der Waals surface area contributed by atoms with Crippen LogP contribution in [0.3, 0.4) is 0 Å². The van der Waals surface area contributed by atoms with Crippen LogP contribution >= 0.6 is 0 Å². The first kappa shape index (κ1) is 26.9.